The largest absolute Gasteiger partial charge is 0.0622 e. The van der Waals surface area contributed by atoms with Gasteiger partial charge in [0.25, 0.3) is 0 Å². The van der Waals surface area contributed by atoms with Crippen molar-refractivity contribution in [2.75, 3.05) is 0 Å². The fourth-order valence-corrected chi connectivity index (χ4v) is 11.3. The van der Waals surface area contributed by atoms with Crippen LogP contribution < -0.4 is 31.8 Å². The van der Waals surface area contributed by atoms with Crippen molar-refractivity contribution >= 4 is 92.6 Å². The number of halogens is 3. The van der Waals surface area contributed by atoms with E-state index in [0.717, 1.165) is 11.3 Å². The van der Waals surface area contributed by atoms with Crippen molar-refractivity contribution in [1.82, 2.24) is 9.97 Å². The Morgan fingerprint density at radius 2 is 0.708 bits per heavy atom. The normalized spacial score (nSPS) is 12.4. The Morgan fingerprint density at radius 1 is 0.472 bits per heavy atom. The maximum Gasteiger partial charge on any atom is -0.0134 e. The molecule has 382 valence electrons. The number of benzene rings is 6. The Morgan fingerprint density at radius 3 is 0.861 bits per heavy atom. The fourth-order valence-electron chi connectivity index (χ4n) is 6.53. The molecule has 2 aromatic heterocycles. The van der Waals surface area contributed by atoms with Crippen LogP contribution in [0.15, 0.2) is 219 Å². The maximum absolute atomic E-state index is 7.61. The second-order valence-electron chi connectivity index (χ2n) is 16.7. The Labute approximate surface area is 455 Å². The van der Waals surface area contributed by atoms with Crippen LogP contribution >= 0.6 is 46.5 Å². The van der Waals surface area contributed by atoms with Crippen molar-refractivity contribution in [2.45, 2.75) is 80.7 Å². The number of hydrogen-bond acceptors (Lipinski definition) is 6. The molecule has 0 amide bonds. The molecule has 0 bridgehead atoms. The molecule has 2 N–H and O–H groups in total. The third-order valence-electron chi connectivity index (χ3n) is 10.7. The van der Waals surface area contributed by atoms with E-state index in [4.69, 9.17) is 50.0 Å². The molecular weight excluding hydrogens is 1080 g/mol. The third kappa shape index (κ3) is 23.5. The van der Waals surface area contributed by atoms with Gasteiger partial charge in [0.15, 0.2) is 0 Å². The first-order valence-electron chi connectivity index (χ1n) is 22.9. The molecule has 1 aliphatic heterocycles. The van der Waals surface area contributed by atoms with Crippen LogP contribution in [0.2, 0.25) is 18.8 Å². The van der Waals surface area contributed by atoms with Crippen molar-refractivity contribution in [3.05, 3.63) is 241 Å². The van der Waals surface area contributed by atoms with Crippen LogP contribution in [0.25, 0.3) is 0 Å². The third-order valence-corrected chi connectivity index (χ3v) is 16.0. The summed E-state index contributed by atoms with van der Waals surface area (Å²) < 4.78 is 11.1. The van der Waals surface area contributed by atoms with Gasteiger partial charge in [-0.15, -0.1) is 0 Å². The molecule has 0 saturated carbocycles. The molecule has 72 heavy (non-hydrogen) atoms. The summed E-state index contributed by atoms with van der Waals surface area (Å²) >= 11 is 5.49. The molecule has 0 atom stereocenters. The van der Waals surface area contributed by atoms with Gasteiger partial charge in [0.1, 0.15) is 5.15 Å². The Hall–Kier alpha value is -4.02. The summed E-state index contributed by atoms with van der Waals surface area (Å²) in [6.07, 6.45) is 3.48. The fraction of sp³-hybridized carbons (Fsp3) is 0.207. The Bertz CT molecular complexity index is 2210. The van der Waals surface area contributed by atoms with Gasteiger partial charge < -0.3 is 19.4 Å². The van der Waals surface area contributed by atoms with Gasteiger partial charge in [-0.3, -0.25) is 4.98 Å². The maximum atomic E-state index is 7.61. The first-order valence-corrected chi connectivity index (χ1v) is 30.0. The van der Waals surface area contributed by atoms with Crippen LogP contribution in [-0.4, -0.2) is 45.5 Å². The summed E-state index contributed by atoms with van der Waals surface area (Å²) in [7, 11) is 7.50. The summed E-state index contributed by atoms with van der Waals surface area (Å²) in [5.74, 6) is 0. The molecule has 8 aromatic rings. The minimum absolute atomic E-state index is 0. The average Bonchev–Trinajstić information content (AvgIpc) is 3.56. The van der Waals surface area contributed by atoms with Crippen molar-refractivity contribution in [3.8, 4) is 0 Å². The summed E-state index contributed by atoms with van der Waals surface area (Å²) in [6.45, 7) is 17.4. The second kappa shape index (κ2) is 35.2. The topological polar surface area (TPSA) is 84.7 Å². The molecule has 1 fully saturated rings. The van der Waals surface area contributed by atoms with Crippen LogP contribution in [0, 0.1) is 20.8 Å². The number of aryl methyl sites for hydroxylation is 3. The smallest absolute Gasteiger partial charge is 0.0134 e. The summed E-state index contributed by atoms with van der Waals surface area (Å²) in [4.78, 5) is 7.92. The minimum atomic E-state index is -1.17. The zero-order valence-electron chi connectivity index (χ0n) is 41.9. The van der Waals surface area contributed by atoms with Crippen LogP contribution in [-0.2, 0) is 25.2 Å². The van der Waals surface area contributed by atoms with Crippen molar-refractivity contribution < 1.29 is 35.3 Å². The SMILES string of the molecule is C.CB(O)O.CB1OC(C)(C)C(C)(C)O1.Cc1cccnc1C.Cc1cccnc1Cl.[Cl][Pd][Cl].c1ccc(P(c2ccccc2)c2ccccc2)cc1.c1ccc(P(c2ccccc2)c2ccccc2)cc1. The van der Waals surface area contributed by atoms with Gasteiger partial charge in [-0.1, -0.05) is 213 Å². The van der Waals surface area contributed by atoms with Gasteiger partial charge in [0.05, 0.1) is 11.2 Å². The van der Waals surface area contributed by atoms with E-state index in [9.17, 15) is 0 Å². The molecular formula is C58H69B2Cl3N2O4P2Pd. The molecule has 6 nitrogen and oxygen atoms in total. The number of pyridine rings is 2. The number of aromatic nitrogens is 2. The molecule has 1 saturated heterocycles. The average molecular weight is 1150 g/mol. The summed E-state index contributed by atoms with van der Waals surface area (Å²) in [5.41, 5.74) is 3.08. The molecule has 0 aliphatic carbocycles. The van der Waals surface area contributed by atoms with Crippen LogP contribution in [0.1, 0.15) is 51.9 Å². The number of hydrogen-bond donors (Lipinski definition) is 2. The van der Waals surface area contributed by atoms with Crippen molar-refractivity contribution in [2.24, 2.45) is 0 Å². The van der Waals surface area contributed by atoms with E-state index in [2.05, 4.69) is 233 Å². The van der Waals surface area contributed by atoms with Crippen LogP contribution in [0.4, 0.5) is 0 Å². The van der Waals surface area contributed by atoms with Crippen molar-refractivity contribution in [3.63, 3.8) is 0 Å². The van der Waals surface area contributed by atoms with Crippen LogP contribution in [0.5, 0.6) is 0 Å². The van der Waals surface area contributed by atoms with Gasteiger partial charge in [-0.2, -0.15) is 0 Å². The van der Waals surface area contributed by atoms with E-state index in [0.29, 0.717) is 5.15 Å². The summed E-state index contributed by atoms with van der Waals surface area (Å²) in [5, 5.41) is 24.2. The van der Waals surface area contributed by atoms with E-state index in [-0.39, 0.29) is 41.7 Å². The molecule has 9 rings (SSSR count). The van der Waals surface area contributed by atoms with E-state index in [1.165, 1.54) is 44.2 Å². The van der Waals surface area contributed by atoms with E-state index < -0.39 is 23.0 Å². The second-order valence-corrected chi connectivity index (χ2v) is 23.9. The monoisotopic (exact) mass is 1150 g/mol. The van der Waals surface area contributed by atoms with Crippen molar-refractivity contribution in [1.29, 1.82) is 0 Å². The number of nitrogens with zero attached hydrogens (tertiary/aromatic N) is 2. The Kier molecular flexibility index (Phi) is 31.4. The van der Waals surface area contributed by atoms with Gasteiger partial charge in [0, 0.05) is 18.1 Å². The molecule has 6 aromatic carbocycles. The minimum Gasteiger partial charge on any atom is -0.0622 e. The summed E-state index contributed by atoms with van der Waals surface area (Å²) in [6, 6.07) is 72.4. The standard InChI is InChI=1S/2C18H15P.C7H15BO2.C7H9N.C6H6ClN.CH5BO2.CH4.2ClH.Pd/c2*1-4-10-16(11-5-1)19(17-12-6-2-7-13-17)18-14-8-3-9-15-18;1-6(2)7(3,4)10-8(5)9-6;1-6-4-3-5-8-7(6)2;1-5-3-2-4-8-6(5)7;1-2(3)4;;;;/h2*1-15H;1-5H3;3-5H,1-2H3;2-4H,1H3;3-4H,1H3;1H4;2*1H;/q;;;;;;;;;+2/p-2. The molecule has 0 radical (unpaired) electrons. The first-order chi connectivity index (χ1) is 34.0. The molecule has 0 unspecified atom stereocenters. The van der Waals surface area contributed by atoms with Gasteiger partial charge in [0.2, 0.25) is 0 Å². The molecule has 14 heteroatoms. The van der Waals surface area contributed by atoms with E-state index >= 15 is 0 Å². The van der Waals surface area contributed by atoms with Crippen LogP contribution in [0.3, 0.4) is 0 Å². The van der Waals surface area contributed by atoms with E-state index in [1.54, 1.807) is 6.20 Å². The Balaban J connectivity index is 0.000000311. The number of rotatable bonds is 6. The zero-order chi connectivity index (χ0) is 52.1. The van der Waals surface area contributed by atoms with Gasteiger partial charge >= 0.3 is 49.2 Å². The molecule has 3 heterocycles. The molecule has 0 spiro atoms. The van der Waals surface area contributed by atoms with Gasteiger partial charge in [-0.25, -0.2) is 4.98 Å². The quantitative estimate of drug-likeness (QED) is 0.0980. The van der Waals surface area contributed by atoms with E-state index in [1.807, 2.05) is 45.1 Å². The predicted molar refractivity (Wildman–Crippen MR) is 314 cm³/mol. The zero-order valence-corrected chi connectivity index (χ0v) is 47.5. The van der Waals surface area contributed by atoms with Gasteiger partial charge in [-0.05, 0) is 133 Å². The molecule has 1 aliphatic rings. The first kappa shape index (κ1) is 64.1. The predicted octanol–water partition coefficient (Wildman–Crippen LogP) is 13.4.